The van der Waals surface area contributed by atoms with Crippen molar-refractivity contribution in [2.24, 2.45) is 5.41 Å². The van der Waals surface area contributed by atoms with E-state index in [0.29, 0.717) is 11.2 Å². The first-order chi connectivity index (χ1) is 9.58. The van der Waals surface area contributed by atoms with Crippen LogP contribution in [0.3, 0.4) is 0 Å². The molecule has 1 aliphatic carbocycles. The zero-order valence-electron chi connectivity index (χ0n) is 12.4. The van der Waals surface area contributed by atoms with Gasteiger partial charge in [-0.1, -0.05) is 0 Å². The number of nitrogens with two attached hydrogens (primary N) is 1. The van der Waals surface area contributed by atoms with E-state index in [0.717, 1.165) is 30.6 Å². The van der Waals surface area contributed by atoms with Gasteiger partial charge in [0.15, 0.2) is 0 Å². The smallest absolute Gasteiger partial charge is 0.145 e. The van der Waals surface area contributed by atoms with Crippen LogP contribution in [0.1, 0.15) is 30.5 Å². The first-order valence-corrected chi connectivity index (χ1v) is 7.13. The molecule has 1 saturated carbocycles. The highest BCUT2D eigenvalue weighted by Crippen LogP contribution is 2.51. The van der Waals surface area contributed by atoms with Crippen LogP contribution in [-0.2, 0) is 11.3 Å². The third kappa shape index (κ3) is 2.06. The normalized spacial score (nSPS) is 16.8. The van der Waals surface area contributed by atoms with Crippen molar-refractivity contribution in [2.75, 3.05) is 19.5 Å². The van der Waals surface area contributed by atoms with Crippen molar-refractivity contribution >= 4 is 16.9 Å². The molecular formula is C15H22N4O. The molecule has 0 atom stereocenters. The van der Waals surface area contributed by atoms with Gasteiger partial charge in [0.25, 0.3) is 0 Å². The molecule has 2 aromatic rings. The van der Waals surface area contributed by atoms with Gasteiger partial charge < -0.3 is 15.0 Å². The fourth-order valence-electron chi connectivity index (χ4n) is 3.01. The number of ether oxygens (including phenoxy) is 1. The molecule has 2 N–H and O–H groups in total. The molecule has 0 bridgehead atoms. The van der Waals surface area contributed by atoms with Crippen molar-refractivity contribution < 1.29 is 4.74 Å². The van der Waals surface area contributed by atoms with E-state index in [1.165, 1.54) is 24.1 Å². The highest BCUT2D eigenvalue weighted by Gasteiger charge is 2.43. The van der Waals surface area contributed by atoms with Crippen LogP contribution >= 0.6 is 0 Å². The fraction of sp³-hybridized carbons (Fsp3) is 0.600. The number of hydrogen-bond acceptors (Lipinski definition) is 4. The van der Waals surface area contributed by atoms with E-state index in [2.05, 4.69) is 28.4 Å². The number of aryl methyl sites for hydroxylation is 1. The summed E-state index contributed by atoms with van der Waals surface area (Å²) >= 11 is 0. The monoisotopic (exact) mass is 274 g/mol. The summed E-state index contributed by atoms with van der Waals surface area (Å²) in [5.41, 5.74) is 9.81. The second-order valence-corrected chi connectivity index (χ2v) is 6.00. The molecule has 5 heteroatoms. The molecule has 0 aliphatic heterocycles. The summed E-state index contributed by atoms with van der Waals surface area (Å²) < 4.78 is 7.55. The Bertz CT molecular complexity index is 643. The van der Waals surface area contributed by atoms with Crippen molar-refractivity contribution in [1.29, 1.82) is 0 Å². The van der Waals surface area contributed by atoms with Crippen molar-refractivity contribution in [3.05, 3.63) is 17.6 Å². The van der Waals surface area contributed by atoms with E-state index < -0.39 is 0 Å². The van der Waals surface area contributed by atoms with Gasteiger partial charge in [-0.25, -0.2) is 9.97 Å². The molecule has 1 fully saturated rings. The number of rotatable bonds is 5. The average molecular weight is 274 g/mol. The number of hydrogen-bond donors (Lipinski definition) is 1. The third-order valence-electron chi connectivity index (χ3n) is 4.72. The van der Waals surface area contributed by atoms with Crippen LogP contribution in [0, 0.1) is 19.3 Å². The van der Waals surface area contributed by atoms with Crippen LogP contribution in [0.25, 0.3) is 11.0 Å². The van der Waals surface area contributed by atoms with Gasteiger partial charge in [0.2, 0.25) is 0 Å². The predicted octanol–water partition coefficient (Wildman–Crippen LogP) is 2.45. The summed E-state index contributed by atoms with van der Waals surface area (Å²) in [6.07, 6.45) is 5.22. The molecule has 1 aliphatic rings. The van der Waals surface area contributed by atoms with Crippen molar-refractivity contribution in [3.8, 4) is 0 Å². The number of aromatic nitrogens is 3. The number of fused-ring (bicyclic) bond motifs is 1. The summed E-state index contributed by atoms with van der Waals surface area (Å²) in [4.78, 5) is 8.57. The van der Waals surface area contributed by atoms with Crippen LogP contribution in [0.15, 0.2) is 6.33 Å². The molecule has 0 amide bonds. The molecular weight excluding hydrogens is 252 g/mol. The summed E-state index contributed by atoms with van der Waals surface area (Å²) in [6, 6.07) is 0. The lowest BCUT2D eigenvalue weighted by Gasteiger charge is -2.17. The topological polar surface area (TPSA) is 66.0 Å². The molecule has 0 saturated heterocycles. The fourth-order valence-corrected chi connectivity index (χ4v) is 3.01. The Labute approximate surface area is 119 Å². The Hall–Kier alpha value is -1.62. The molecule has 3 rings (SSSR count). The highest BCUT2D eigenvalue weighted by atomic mass is 16.5. The second kappa shape index (κ2) is 4.74. The largest absolute Gasteiger partial charge is 0.385 e. The zero-order valence-corrected chi connectivity index (χ0v) is 12.4. The van der Waals surface area contributed by atoms with Gasteiger partial charge in [0, 0.05) is 26.0 Å². The minimum absolute atomic E-state index is 0.388. The van der Waals surface area contributed by atoms with E-state index >= 15 is 0 Å². The van der Waals surface area contributed by atoms with Gasteiger partial charge in [0.1, 0.15) is 17.8 Å². The molecule has 2 heterocycles. The number of anilines is 1. The quantitative estimate of drug-likeness (QED) is 0.909. The van der Waals surface area contributed by atoms with E-state index in [1.807, 2.05) is 0 Å². The lowest BCUT2D eigenvalue weighted by molar-refractivity contribution is 0.167. The Morgan fingerprint density at radius 2 is 2.10 bits per heavy atom. The van der Waals surface area contributed by atoms with Crippen LogP contribution in [0.2, 0.25) is 0 Å². The van der Waals surface area contributed by atoms with E-state index in [-0.39, 0.29) is 0 Å². The number of nitrogens with zero attached hydrogens (tertiary/aromatic N) is 3. The van der Waals surface area contributed by atoms with Crippen molar-refractivity contribution in [3.63, 3.8) is 0 Å². The van der Waals surface area contributed by atoms with Crippen LogP contribution in [0.5, 0.6) is 0 Å². The summed E-state index contributed by atoms with van der Waals surface area (Å²) in [5, 5.41) is 1.01. The Morgan fingerprint density at radius 3 is 2.75 bits per heavy atom. The first-order valence-electron chi connectivity index (χ1n) is 7.13. The number of methoxy groups -OCH3 is 1. The zero-order chi connectivity index (χ0) is 14.3. The van der Waals surface area contributed by atoms with Gasteiger partial charge in [-0.3, -0.25) is 0 Å². The minimum atomic E-state index is 0.388. The third-order valence-corrected chi connectivity index (χ3v) is 4.72. The van der Waals surface area contributed by atoms with E-state index in [1.54, 1.807) is 13.4 Å². The van der Waals surface area contributed by atoms with Gasteiger partial charge in [-0.05, 0) is 44.1 Å². The van der Waals surface area contributed by atoms with Gasteiger partial charge in [-0.15, -0.1) is 0 Å². The lowest BCUT2D eigenvalue weighted by atomic mass is 10.0. The van der Waals surface area contributed by atoms with Crippen LogP contribution in [0.4, 0.5) is 5.82 Å². The molecule has 2 aromatic heterocycles. The SMILES string of the molecule is COCCC1(Cn2c(C)c(C)c3c(N)ncnc32)CC1. The van der Waals surface area contributed by atoms with Crippen LogP contribution < -0.4 is 5.73 Å². The van der Waals surface area contributed by atoms with Crippen LogP contribution in [-0.4, -0.2) is 28.3 Å². The van der Waals surface area contributed by atoms with Gasteiger partial charge in [-0.2, -0.15) is 0 Å². The molecule has 0 unspecified atom stereocenters. The maximum Gasteiger partial charge on any atom is 0.145 e. The Morgan fingerprint density at radius 1 is 1.35 bits per heavy atom. The van der Waals surface area contributed by atoms with E-state index in [4.69, 9.17) is 10.5 Å². The standard InChI is InChI=1S/C15H22N4O/c1-10-11(2)19(8-15(4-5-15)6-7-20-3)14-12(10)13(16)17-9-18-14/h9H,4-8H2,1-3H3,(H2,16,17,18). The molecule has 0 radical (unpaired) electrons. The lowest BCUT2D eigenvalue weighted by Crippen LogP contribution is -2.15. The Balaban J connectivity index is 2.00. The summed E-state index contributed by atoms with van der Waals surface area (Å²) in [5.74, 6) is 0.580. The first kappa shape index (κ1) is 13.4. The molecule has 0 aromatic carbocycles. The molecule has 0 spiro atoms. The maximum atomic E-state index is 6.01. The average Bonchev–Trinajstić information content (AvgIpc) is 3.16. The minimum Gasteiger partial charge on any atom is -0.385 e. The highest BCUT2D eigenvalue weighted by molar-refractivity contribution is 5.90. The summed E-state index contributed by atoms with van der Waals surface area (Å²) in [6.45, 7) is 6.07. The van der Waals surface area contributed by atoms with Crippen molar-refractivity contribution in [2.45, 2.75) is 39.7 Å². The number of nitrogen functional groups attached to an aromatic ring is 1. The van der Waals surface area contributed by atoms with Gasteiger partial charge >= 0.3 is 0 Å². The predicted molar refractivity (Wildman–Crippen MR) is 79.6 cm³/mol. The second-order valence-electron chi connectivity index (χ2n) is 6.00. The summed E-state index contributed by atoms with van der Waals surface area (Å²) in [7, 11) is 1.77. The molecule has 20 heavy (non-hydrogen) atoms. The van der Waals surface area contributed by atoms with E-state index in [9.17, 15) is 0 Å². The van der Waals surface area contributed by atoms with Gasteiger partial charge in [0.05, 0.1) is 5.39 Å². The van der Waals surface area contributed by atoms with Crippen molar-refractivity contribution in [1.82, 2.24) is 14.5 Å². The Kier molecular flexibility index (Phi) is 3.17. The maximum absolute atomic E-state index is 6.01. The molecule has 108 valence electrons. The molecule has 5 nitrogen and oxygen atoms in total.